The molecule has 0 aromatic heterocycles. The molecule has 1 aliphatic rings. The van der Waals surface area contributed by atoms with Crippen LogP contribution in [0.25, 0.3) is 0 Å². The fourth-order valence-corrected chi connectivity index (χ4v) is 6.57. The van der Waals surface area contributed by atoms with E-state index in [1.54, 1.807) is 13.8 Å². The van der Waals surface area contributed by atoms with Crippen LogP contribution in [0.5, 0.6) is 0 Å². The van der Waals surface area contributed by atoms with Gasteiger partial charge in [0.2, 0.25) is 0 Å². The maximum atomic E-state index is 11.5. The smallest absolute Gasteiger partial charge is 0.282 e. The fourth-order valence-electron chi connectivity index (χ4n) is 4.97. The van der Waals surface area contributed by atoms with Crippen molar-refractivity contribution < 1.29 is 23.8 Å². The van der Waals surface area contributed by atoms with Crippen molar-refractivity contribution in [2.45, 2.75) is 98.4 Å². The van der Waals surface area contributed by atoms with E-state index >= 15 is 0 Å². The first-order chi connectivity index (χ1) is 14.8. The van der Waals surface area contributed by atoms with Crippen molar-refractivity contribution in [1.29, 1.82) is 0 Å². The van der Waals surface area contributed by atoms with E-state index in [0.717, 1.165) is 43.6 Å². The predicted octanol–water partition coefficient (Wildman–Crippen LogP) is 6.44. The van der Waals surface area contributed by atoms with Crippen LogP contribution in [0.1, 0.15) is 92.4 Å². The number of rotatable bonds is 16. The van der Waals surface area contributed by atoms with Gasteiger partial charge in [-0.1, -0.05) is 36.4 Å². The molecule has 0 bridgehead atoms. The molecule has 0 heterocycles. The second-order valence-corrected chi connectivity index (χ2v) is 10.9. The number of hydrogen-bond acceptors (Lipinski definition) is 7. The summed E-state index contributed by atoms with van der Waals surface area (Å²) >= 11 is 2.88. The van der Waals surface area contributed by atoms with Crippen LogP contribution < -0.4 is 0 Å². The van der Waals surface area contributed by atoms with E-state index in [2.05, 4.69) is 0 Å². The topological polar surface area (TPSA) is 61.8 Å². The zero-order valence-corrected chi connectivity index (χ0v) is 22.0. The lowest BCUT2D eigenvalue weighted by atomic mass is 9.62. The quantitative estimate of drug-likeness (QED) is 0.238. The molecule has 1 unspecified atom stereocenters. The molecular weight excluding hydrogens is 432 g/mol. The lowest BCUT2D eigenvalue weighted by Gasteiger charge is -2.45. The van der Waals surface area contributed by atoms with Gasteiger partial charge in [0.05, 0.1) is 0 Å². The molecule has 31 heavy (non-hydrogen) atoms. The van der Waals surface area contributed by atoms with Crippen LogP contribution in [0.3, 0.4) is 0 Å². The van der Waals surface area contributed by atoms with Crippen molar-refractivity contribution >= 4 is 33.8 Å². The Bertz CT molecular complexity index is 489. The number of carbonyl (C=O) groups is 2. The summed E-state index contributed by atoms with van der Waals surface area (Å²) in [5.41, 5.74) is 0.217. The zero-order valence-electron chi connectivity index (χ0n) is 20.3. The van der Waals surface area contributed by atoms with Gasteiger partial charge in [-0.25, -0.2) is 0 Å². The van der Waals surface area contributed by atoms with Gasteiger partial charge in [-0.2, -0.15) is 0 Å². The summed E-state index contributed by atoms with van der Waals surface area (Å²) in [4.78, 5) is 23.0. The fraction of sp³-hybridized carbons (Fsp3) is 0.917. The zero-order chi connectivity index (χ0) is 23.2. The first-order valence-electron chi connectivity index (χ1n) is 12.0. The van der Waals surface area contributed by atoms with Gasteiger partial charge in [0.1, 0.15) is 0 Å². The number of hydrogen-bond donors (Lipinski definition) is 0. The van der Waals surface area contributed by atoms with E-state index in [4.69, 9.17) is 14.2 Å². The van der Waals surface area contributed by atoms with E-state index in [0.29, 0.717) is 25.7 Å². The van der Waals surface area contributed by atoms with Gasteiger partial charge in [-0.3, -0.25) is 9.59 Å². The minimum Gasteiger partial charge on any atom is -0.328 e. The molecule has 0 aromatic carbocycles. The highest BCUT2D eigenvalue weighted by Gasteiger charge is 2.40. The van der Waals surface area contributed by atoms with Crippen LogP contribution in [0, 0.1) is 11.3 Å². The Morgan fingerprint density at radius 3 is 1.87 bits per heavy atom. The Balaban J connectivity index is 2.85. The normalized spacial score (nSPS) is 18.8. The molecule has 1 atom stereocenters. The molecule has 0 aliphatic heterocycles. The Morgan fingerprint density at radius 1 is 0.903 bits per heavy atom. The van der Waals surface area contributed by atoms with Crippen LogP contribution in [0.15, 0.2) is 0 Å². The molecule has 5 nitrogen and oxygen atoms in total. The molecule has 1 aliphatic carbocycles. The van der Waals surface area contributed by atoms with Crippen molar-refractivity contribution in [3.63, 3.8) is 0 Å². The average Bonchev–Trinajstić information content (AvgIpc) is 2.69. The summed E-state index contributed by atoms with van der Waals surface area (Å²) < 4.78 is 17.7. The van der Waals surface area contributed by atoms with E-state index in [-0.39, 0.29) is 15.6 Å². The van der Waals surface area contributed by atoms with Crippen LogP contribution in [-0.2, 0) is 23.8 Å². The van der Waals surface area contributed by atoms with Crippen LogP contribution >= 0.6 is 23.5 Å². The van der Waals surface area contributed by atoms with Crippen LogP contribution in [0.4, 0.5) is 0 Å². The van der Waals surface area contributed by atoms with Crippen molar-refractivity contribution in [2.24, 2.45) is 11.3 Å². The molecule has 0 radical (unpaired) electrons. The SMILES string of the molecule is CCOC(CCCC1CCCCC1(CCSC(C)=O)CCSC(C)=O)(OCC)OCC. The summed E-state index contributed by atoms with van der Waals surface area (Å²) in [6.07, 6.45) is 9.83. The summed E-state index contributed by atoms with van der Waals surface area (Å²) in [5.74, 6) is 1.41. The lowest BCUT2D eigenvalue weighted by Crippen LogP contribution is -2.40. The van der Waals surface area contributed by atoms with E-state index in [1.807, 2.05) is 20.8 Å². The van der Waals surface area contributed by atoms with E-state index in [9.17, 15) is 9.59 Å². The van der Waals surface area contributed by atoms with E-state index < -0.39 is 5.97 Å². The highest BCUT2D eigenvalue weighted by Crippen LogP contribution is 2.50. The second kappa shape index (κ2) is 15.7. The van der Waals surface area contributed by atoms with Crippen molar-refractivity contribution in [3.8, 4) is 0 Å². The average molecular weight is 477 g/mol. The molecule has 1 fully saturated rings. The third-order valence-corrected chi connectivity index (χ3v) is 7.91. The minimum absolute atomic E-state index is 0.190. The number of thioether (sulfide) groups is 2. The number of carbonyl (C=O) groups excluding carboxylic acids is 2. The molecule has 0 spiro atoms. The summed E-state index contributed by atoms with van der Waals surface area (Å²) in [7, 11) is 0. The summed E-state index contributed by atoms with van der Waals surface area (Å²) in [6, 6.07) is 0. The molecule has 0 N–H and O–H groups in total. The molecule has 1 saturated carbocycles. The lowest BCUT2D eigenvalue weighted by molar-refractivity contribution is -0.380. The Morgan fingerprint density at radius 2 is 1.42 bits per heavy atom. The van der Waals surface area contributed by atoms with Gasteiger partial charge in [0, 0.05) is 51.6 Å². The minimum atomic E-state index is -0.940. The molecule has 182 valence electrons. The van der Waals surface area contributed by atoms with Crippen molar-refractivity contribution in [3.05, 3.63) is 0 Å². The van der Waals surface area contributed by atoms with Gasteiger partial charge in [-0.15, -0.1) is 0 Å². The maximum Gasteiger partial charge on any atom is 0.282 e. The third-order valence-electron chi connectivity index (χ3n) is 6.28. The van der Waals surface area contributed by atoms with E-state index in [1.165, 1.54) is 49.2 Å². The predicted molar refractivity (Wildman–Crippen MR) is 131 cm³/mol. The van der Waals surface area contributed by atoms with Gasteiger partial charge >= 0.3 is 0 Å². The Labute approximate surface area is 198 Å². The molecule has 7 heteroatoms. The van der Waals surface area contributed by atoms with Gasteiger partial charge < -0.3 is 14.2 Å². The summed E-state index contributed by atoms with van der Waals surface area (Å²) in [5, 5.41) is 0.381. The molecule has 0 amide bonds. The Kier molecular flexibility index (Phi) is 14.7. The Hall–Kier alpha value is -0.0800. The van der Waals surface area contributed by atoms with Crippen LogP contribution in [-0.4, -0.2) is 47.5 Å². The molecule has 0 saturated heterocycles. The highest BCUT2D eigenvalue weighted by molar-refractivity contribution is 8.13. The first kappa shape index (κ1) is 29.0. The number of ether oxygens (including phenoxy) is 3. The monoisotopic (exact) mass is 476 g/mol. The summed E-state index contributed by atoms with van der Waals surface area (Å²) in [6.45, 7) is 10.9. The van der Waals surface area contributed by atoms with Gasteiger partial charge in [0.25, 0.3) is 5.97 Å². The van der Waals surface area contributed by atoms with Gasteiger partial charge in [0.15, 0.2) is 10.2 Å². The third kappa shape index (κ3) is 10.6. The molecule has 1 rings (SSSR count). The maximum absolute atomic E-state index is 11.5. The van der Waals surface area contributed by atoms with Crippen molar-refractivity contribution in [2.75, 3.05) is 31.3 Å². The first-order valence-corrected chi connectivity index (χ1v) is 14.0. The standard InChI is InChI=1S/C24H44O5S2/c1-6-27-24(28-7-2,29-8-3)15-11-13-22-12-9-10-14-23(22,16-18-30-20(4)25)17-19-31-21(5)26/h22H,6-19H2,1-5H3. The van der Waals surface area contributed by atoms with Crippen LogP contribution in [0.2, 0.25) is 0 Å². The van der Waals surface area contributed by atoms with Crippen molar-refractivity contribution in [1.82, 2.24) is 0 Å². The highest BCUT2D eigenvalue weighted by atomic mass is 32.2. The second-order valence-electron chi connectivity index (χ2n) is 8.36. The molecule has 0 aromatic rings. The van der Waals surface area contributed by atoms with Gasteiger partial charge in [-0.05, 0) is 70.6 Å². The molecular formula is C24H44O5S2. The largest absolute Gasteiger partial charge is 0.328 e.